The van der Waals surface area contributed by atoms with E-state index in [9.17, 15) is 13.5 Å². The lowest BCUT2D eigenvalue weighted by atomic mass is 10.1. The molecule has 118 valence electrons. The number of nitrogens with two attached hydrogens (primary N) is 1. The minimum absolute atomic E-state index is 0.0137. The molecule has 1 aromatic carbocycles. The molecule has 1 aliphatic rings. The largest absolute Gasteiger partial charge is 0.497 e. The van der Waals surface area contributed by atoms with Gasteiger partial charge in [-0.15, -0.1) is 0 Å². The number of benzene rings is 1. The number of rotatable bonds is 4. The van der Waals surface area contributed by atoms with Gasteiger partial charge in [0.05, 0.1) is 18.9 Å². The fraction of sp³-hybridized carbons (Fsp3) is 0.571. The second-order valence-electron chi connectivity index (χ2n) is 5.34. The van der Waals surface area contributed by atoms with Crippen LogP contribution in [0.1, 0.15) is 32.1 Å². The summed E-state index contributed by atoms with van der Waals surface area (Å²) in [6, 6.07) is 3.98. The Kier molecular flexibility index (Phi) is 5.08. The molecule has 0 heterocycles. The Morgan fingerprint density at radius 2 is 2.00 bits per heavy atom. The van der Waals surface area contributed by atoms with Gasteiger partial charge in [-0.1, -0.05) is 19.3 Å². The molecule has 0 spiro atoms. The SMILES string of the molecule is COc1ccc(S(=O)(=O)NC2CCCCCC2O)c(N)c1. The van der Waals surface area contributed by atoms with E-state index in [0.29, 0.717) is 18.6 Å². The highest BCUT2D eigenvalue weighted by Crippen LogP contribution is 2.25. The number of hydrogen-bond acceptors (Lipinski definition) is 5. The molecule has 2 unspecified atom stereocenters. The van der Waals surface area contributed by atoms with Crippen molar-refractivity contribution in [3.8, 4) is 5.75 Å². The monoisotopic (exact) mass is 314 g/mol. The van der Waals surface area contributed by atoms with E-state index in [1.165, 1.54) is 19.2 Å². The summed E-state index contributed by atoms with van der Waals surface area (Å²) in [5.41, 5.74) is 5.92. The average molecular weight is 314 g/mol. The maximum atomic E-state index is 12.4. The molecule has 21 heavy (non-hydrogen) atoms. The number of nitrogen functional groups attached to an aromatic ring is 1. The lowest BCUT2D eigenvalue weighted by Crippen LogP contribution is -2.42. The van der Waals surface area contributed by atoms with Crippen LogP contribution in [0.15, 0.2) is 23.1 Å². The number of sulfonamides is 1. The first-order chi connectivity index (χ1) is 9.94. The van der Waals surface area contributed by atoms with Crippen LogP contribution in [0.5, 0.6) is 5.75 Å². The van der Waals surface area contributed by atoms with Crippen molar-refractivity contribution in [1.82, 2.24) is 4.72 Å². The Labute approximate surface area is 125 Å². The Balaban J connectivity index is 2.21. The predicted molar refractivity (Wildman–Crippen MR) is 80.6 cm³/mol. The molecular weight excluding hydrogens is 292 g/mol. The first-order valence-corrected chi connectivity index (χ1v) is 8.56. The van der Waals surface area contributed by atoms with Crippen molar-refractivity contribution in [3.63, 3.8) is 0 Å². The third-order valence-electron chi connectivity index (χ3n) is 3.79. The number of nitrogens with one attached hydrogen (secondary N) is 1. The highest BCUT2D eigenvalue weighted by molar-refractivity contribution is 7.89. The lowest BCUT2D eigenvalue weighted by Gasteiger charge is -2.22. The molecule has 2 rings (SSSR count). The van der Waals surface area contributed by atoms with Gasteiger partial charge in [0.2, 0.25) is 10.0 Å². The average Bonchev–Trinajstić information content (AvgIpc) is 2.63. The van der Waals surface area contributed by atoms with E-state index in [4.69, 9.17) is 10.5 Å². The molecule has 1 saturated carbocycles. The van der Waals surface area contributed by atoms with Crippen molar-refractivity contribution in [3.05, 3.63) is 18.2 Å². The molecule has 0 radical (unpaired) electrons. The maximum Gasteiger partial charge on any atom is 0.242 e. The zero-order valence-corrected chi connectivity index (χ0v) is 12.9. The number of anilines is 1. The molecule has 0 aliphatic heterocycles. The zero-order valence-electron chi connectivity index (χ0n) is 12.1. The number of aliphatic hydroxyl groups excluding tert-OH is 1. The van der Waals surface area contributed by atoms with E-state index in [1.807, 2.05) is 0 Å². The lowest BCUT2D eigenvalue weighted by molar-refractivity contribution is 0.130. The van der Waals surface area contributed by atoms with E-state index in [0.717, 1.165) is 19.3 Å². The summed E-state index contributed by atoms with van der Waals surface area (Å²) in [6.45, 7) is 0. The van der Waals surface area contributed by atoms with Crippen LogP contribution >= 0.6 is 0 Å². The second-order valence-corrected chi connectivity index (χ2v) is 7.02. The van der Waals surface area contributed by atoms with Gasteiger partial charge < -0.3 is 15.6 Å². The topological polar surface area (TPSA) is 102 Å². The molecule has 0 amide bonds. The second kappa shape index (κ2) is 6.64. The fourth-order valence-electron chi connectivity index (χ4n) is 2.59. The maximum absolute atomic E-state index is 12.4. The molecular formula is C14H22N2O4S. The third-order valence-corrected chi connectivity index (χ3v) is 5.36. The Morgan fingerprint density at radius 1 is 1.29 bits per heavy atom. The van der Waals surface area contributed by atoms with E-state index in [2.05, 4.69) is 4.72 Å². The van der Waals surface area contributed by atoms with Gasteiger partial charge in [0.1, 0.15) is 10.6 Å². The van der Waals surface area contributed by atoms with Gasteiger partial charge in [0.15, 0.2) is 0 Å². The van der Waals surface area contributed by atoms with Crippen LogP contribution < -0.4 is 15.2 Å². The van der Waals surface area contributed by atoms with Crippen molar-refractivity contribution in [2.24, 2.45) is 0 Å². The minimum Gasteiger partial charge on any atom is -0.497 e. The first-order valence-electron chi connectivity index (χ1n) is 7.08. The number of ether oxygens (including phenoxy) is 1. The first kappa shape index (κ1) is 16.1. The van der Waals surface area contributed by atoms with Gasteiger partial charge in [-0.3, -0.25) is 0 Å². The molecule has 7 heteroatoms. The highest BCUT2D eigenvalue weighted by atomic mass is 32.2. The van der Waals surface area contributed by atoms with Crippen molar-refractivity contribution in [2.45, 2.75) is 49.1 Å². The molecule has 0 saturated heterocycles. The van der Waals surface area contributed by atoms with Crippen LogP contribution in [0.25, 0.3) is 0 Å². The minimum atomic E-state index is -3.76. The summed E-state index contributed by atoms with van der Waals surface area (Å²) in [4.78, 5) is 0.0137. The Morgan fingerprint density at radius 3 is 2.67 bits per heavy atom. The van der Waals surface area contributed by atoms with E-state index < -0.39 is 22.2 Å². The molecule has 2 atom stereocenters. The third kappa shape index (κ3) is 3.87. The quantitative estimate of drug-likeness (QED) is 0.573. The van der Waals surface area contributed by atoms with Gasteiger partial charge in [0.25, 0.3) is 0 Å². The summed E-state index contributed by atoms with van der Waals surface area (Å²) in [7, 11) is -2.27. The molecule has 0 aromatic heterocycles. The molecule has 4 N–H and O–H groups in total. The van der Waals surface area contributed by atoms with Gasteiger partial charge in [-0.2, -0.15) is 0 Å². The van der Waals surface area contributed by atoms with Crippen molar-refractivity contribution < 1.29 is 18.3 Å². The van der Waals surface area contributed by atoms with Crippen LogP contribution in [-0.2, 0) is 10.0 Å². The van der Waals surface area contributed by atoms with E-state index >= 15 is 0 Å². The van der Waals surface area contributed by atoms with E-state index in [-0.39, 0.29) is 10.6 Å². The van der Waals surface area contributed by atoms with Gasteiger partial charge in [-0.05, 0) is 25.0 Å². The standard InChI is InChI=1S/C14H22N2O4S/c1-20-10-7-8-14(11(15)9-10)21(18,19)16-12-5-3-2-4-6-13(12)17/h7-9,12-13,16-17H,2-6,15H2,1H3. The highest BCUT2D eigenvalue weighted by Gasteiger charge is 2.28. The molecule has 1 aromatic rings. The van der Waals surface area contributed by atoms with Crippen LogP contribution in [0.2, 0.25) is 0 Å². The van der Waals surface area contributed by atoms with Gasteiger partial charge in [0, 0.05) is 12.1 Å². The predicted octanol–water partition coefficient (Wildman–Crippen LogP) is 1.25. The van der Waals surface area contributed by atoms with Crippen molar-refractivity contribution in [1.29, 1.82) is 0 Å². The summed E-state index contributed by atoms with van der Waals surface area (Å²) in [6.07, 6.45) is 3.44. The fourth-order valence-corrected chi connectivity index (χ4v) is 4.00. The van der Waals surface area contributed by atoms with Gasteiger partial charge in [-0.25, -0.2) is 13.1 Å². The van der Waals surface area contributed by atoms with E-state index in [1.54, 1.807) is 6.07 Å². The Bertz CT molecular complexity index is 589. The summed E-state index contributed by atoms with van der Waals surface area (Å²) >= 11 is 0. The van der Waals surface area contributed by atoms with Crippen LogP contribution in [0.4, 0.5) is 5.69 Å². The number of aliphatic hydroxyl groups is 1. The summed E-state index contributed by atoms with van der Waals surface area (Å²) in [5, 5.41) is 10.0. The van der Waals surface area contributed by atoms with Gasteiger partial charge >= 0.3 is 0 Å². The van der Waals surface area contributed by atoms with Crippen LogP contribution in [0.3, 0.4) is 0 Å². The number of methoxy groups -OCH3 is 1. The smallest absolute Gasteiger partial charge is 0.242 e. The van der Waals surface area contributed by atoms with Crippen molar-refractivity contribution in [2.75, 3.05) is 12.8 Å². The van der Waals surface area contributed by atoms with Crippen LogP contribution in [-0.4, -0.2) is 32.8 Å². The van der Waals surface area contributed by atoms with Crippen LogP contribution in [0, 0.1) is 0 Å². The summed E-state index contributed by atoms with van der Waals surface area (Å²) in [5.74, 6) is 0.501. The molecule has 1 fully saturated rings. The summed E-state index contributed by atoms with van der Waals surface area (Å²) < 4.78 is 32.5. The molecule has 1 aliphatic carbocycles. The normalized spacial score (nSPS) is 23.5. The molecule has 0 bridgehead atoms. The zero-order chi connectivity index (χ0) is 15.5. The van der Waals surface area contributed by atoms with Crippen molar-refractivity contribution >= 4 is 15.7 Å². The molecule has 6 nitrogen and oxygen atoms in total. The Hall–Kier alpha value is -1.31. The number of hydrogen-bond donors (Lipinski definition) is 3.